The third kappa shape index (κ3) is 1.85. The molecule has 0 spiro atoms. The number of aliphatic carboxylic acids is 1. The smallest absolute Gasteiger partial charge is 0.306 e. The normalized spacial score (nSPS) is 30.5. The zero-order valence-electron chi connectivity index (χ0n) is 10.1. The van der Waals surface area contributed by atoms with E-state index in [2.05, 4.69) is 4.90 Å². The highest BCUT2D eigenvalue weighted by molar-refractivity contribution is 5.71. The summed E-state index contributed by atoms with van der Waals surface area (Å²) in [6, 6.07) is 6.92. The summed E-state index contributed by atoms with van der Waals surface area (Å²) in [5.74, 6) is -0.860. The lowest BCUT2D eigenvalue weighted by Gasteiger charge is -2.27. The number of nitrogens with zero attached hydrogens (tertiary/aromatic N) is 1. The van der Waals surface area contributed by atoms with Gasteiger partial charge in [0.1, 0.15) is 5.82 Å². The van der Waals surface area contributed by atoms with Gasteiger partial charge in [0.2, 0.25) is 0 Å². The van der Waals surface area contributed by atoms with E-state index in [4.69, 9.17) is 0 Å². The number of rotatable bonds is 2. The van der Waals surface area contributed by atoms with Crippen LogP contribution in [0.5, 0.6) is 0 Å². The van der Waals surface area contributed by atoms with E-state index in [0.29, 0.717) is 6.04 Å². The molecule has 2 bridgehead atoms. The SMILES string of the molecule is O=C(O)C1CCC2CC1CN2c1ccc(F)cc1. The standard InChI is InChI=1S/C14H16FNO2/c15-10-1-3-11(4-2-10)16-8-9-7-12(16)5-6-13(9)14(17)18/h1-4,9,12-13H,5-8H2,(H,17,18). The van der Waals surface area contributed by atoms with Gasteiger partial charge < -0.3 is 10.0 Å². The molecular formula is C14H16FNO2. The predicted molar refractivity (Wildman–Crippen MR) is 66.0 cm³/mol. The lowest BCUT2D eigenvalue weighted by atomic mass is 9.80. The molecule has 96 valence electrons. The van der Waals surface area contributed by atoms with Crippen LogP contribution in [0, 0.1) is 17.7 Å². The Morgan fingerprint density at radius 1 is 1.28 bits per heavy atom. The lowest BCUT2D eigenvalue weighted by molar-refractivity contribution is -0.144. The number of anilines is 1. The second-order valence-electron chi connectivity index (χ2n) is 5.30. The molecule has 1 aromatic carbocycles. The molecule has 18 heavy (non-hydrogen) atoms. The van der Waals surface area contributed by atoms with Gasteiger partial charge in [0, 0.05) is 18.3 Å². The Kier molecular flexibility index (Phi) is 2.73. The molecule has 1 heterocycles. The van der Waals surface area contributed by atoms with Gasteiger partial charge in [0.25, 0.3) is 0 Å². The summed E-state index contributed by atoms with van der Waals surface area (Å²) in [6.07, 6.45) is 2.64. The van der Waals surface area contributed by atoms with Crippen molar-refractivity contribution in [3.05, 3.63) is 30.1 Å². The third-order valence-electron chi connectivity index (χ3n) is 4.30. The molecule has 1 N–H and O–H groups in total. The fraction of sp³-hybridized carbons (Fsp3) is 0.500. The Bertz CT molecular complexity index is 459. The van der Waals surface area contributed by atoms with E-state index >= 15 is 0 Å². The van der Waals surface area contributed by atoms with E-state index in [9.17, 15) is 14.3 Å². The molecule has 1 aromatic rings. The quantitative estimate of drug-likeness (QED) is 0.875. The summed E-state index contributed by atoms with van der Waals surface area (Å²) >= 11 is 0. The minimum atomic E-state index is -0.667. The Balaban J connectivity index is 1.81. The molecular weight excluding hydrogens is 233 g/mol. The van der Waals surface area contributed by atoms with Crippen molar-refractivity contribution in [2.75, 3.05) is 11.4 Å². The molecule has 3 nitrogen and oxygen atoms in total. The first-order valence-corrected chi connectivity index (χ1v) is 6.40. The maximum Gasteiger partial charge on any atom is 0.306 e. The van der Waals surface area contributed by atoms with Crippen LogP contribution in [0.2, 0.25) is 0 Å². The van der Waals surface area contributed by atoms with Crippen LogP contribution in [0.15, 0.2) is 24.3 Å². The highest BCUT2D eigenvalue weighted by atomic mass is 19.1. The van der Waals surface area contributed by atoms with Gasteiger partial charge in [-0.2, -0.15) is 0 Å². The Labute approximate surface area is 105 Å². The largest absolute Gasteiger partial charge is 0.481 e. The van der Waals surface area contributed by atoms with Crippen LogP contribution in [0.25, 0.3) is 0 Å². The number of carboxylic acids is 1. The highest BCUT2D eigenvalue weighted by Crippen LogP contribution is 2.41. The Morgan fingerprint density at radius 2 is 2.00 bits per heavy atom. The summed E-state index contributed by atoms with van der Waals surface area (Å²) in [6.45, 7) is 0.785. The van der Waals surface area contributed by atoms with E-state index < -0.39 is 5.97 Å². The first-order chi connectivity index (χ1) is 8.65. The van der Waals surface area contributed by atoms with Gasteiger partial charge >= 0.3 is 5.97 Å². The van der Waals surface area contributed by atoms with Crippen LogP contribution in [0.3, 0.4) is 0 Å². The molecule has 1 saturated carbocycles. The number of hydrogen-bond donors (Lipinski definition) is 1. The van der Waals surface area contributed by atoms with E-state index in [1.54, 1.807) is 12.1 Å². The molecule has 0 amide bonds. The minimum absolute atomic E-state index is 0.202. The number of benzene rings is 1. The van der Waals surface area contributed by atoms with Crippen molar-refractivity contribution in [3.63, 3.8) is 0 Å². The van der Waals surface area contributed by atoms with Crippen molar-refractivity contribution in [1.29, 1.82) is 0 Å². The second kappa shape index (κ2) is 4.26. The van der Waals surface area contributed by atoms with Gasteiger partial charge in [-0.15, -0.1) is 0 Å². The minimum Gasteiger partial charge on any atom is -0.481 e. The van der Waals surface area contributed by atoms with Crippen LogP contribution < -0.4 is 4.90 Å². The number of fused-ring (bicyclic) bond motifs is 2. The molecule has 0 aromatic heterocycles. The first-order valence-electron chi connectivity index (χ1n) is 6.40. The summed E-state index contributed by atoms with van der Waals surface area (Å²) in [4.78, 5) is 13.4. The Morgan fingerprint density at radius 3 is 2.67 bits per heavy atom. The fourth-order valence-electron chi connectivity index (χ4n) is 3.40. The van der Waals surface area contributed by atoms with Gasteiger partial charge in [-0.3, -0.25) is 4.79 Å². The molecule has 1 saturated heterocycles. The van der Waals surface area contributed by atoms with E-state index in [1.807, 2.05) is 0 Å². The monoisotopic (exact) mass is 249 g/mol. The second-order valence-corrected chi connectivity index (χ2v) is 5.30. The highest BCUT2D eigenvalue weighted by Gasteiger charge is 2.43. The predicted octanol–water partition coefficient (Wildman–Crippen LogP) is 2.52. The average molecular weight is 249 g/mol. The third-order valence-corrected chi connectivity index (χ3v) is 4.30. The van der Waals surface area contributed by atoms with E-state index in [0.717, 1.165) is 31.5 Å². The topological polar surface area (TPSA) is 40.5 Å². The van der Waals surface area contributed by atoms with Crippen molar-refractivity contribution in [3.8, 4) is 0 Å². The molecule has 1 aliphatic carbocycles. The van der Waals surface area contributed by atoms with Crippen molar-refractivity contribution >= 4 is 11.7 Å². The maximum absolute atomic E-state index is 12.9. The summed E-state index contributed by atoms with van der Waals surface area (Å²) in [7, 11) is 0. The van der Waals surface area contributed by atoms with Gasteiger partial charge in [0.05, 0.1) is 5.92 Å². The zero-order chi connectivity index (χ0) is 12.7. The molecule has 4 heteroatoms. The van der Waals surface area contributed by atoms with Crippen molar-refractivity contribution in [1.82, 2.24) is 0 Å². The summed E-state index contributed by atoms with van der Waals surface area (Å²) < 4.78 is 12.9. The Hall–Kier alpha value is -1.58. The maximum atomic E-state index is 12.9. The molecule has 2 aliphatic rings. The van der Waals surface area contributed by atoms with Gasteiger partial charge in [0.15, 0.2) is 0 Å². The summed E-state index contributed by atoms with van der Waals surface area (Å²) in [5, 5.41) is 9.18. The van der Waals surface area contributed by atoms with Crippen LogP contribution in [0.1, 0.15) is 19.3 Å². The van der Waals surface area contributed by atoms with E-state index in [1.165, 1.54) is 12.1 Å². The van der Waals surface area contributed by atoms with Gasteiger partial charge in [-0.05, 0) is 49.4 Å². The number of hydrogen-bond acceptors (Lipinski definition) is 2. The molecule has 3 rings (SSSR count). The molecule has 1 aliphatic heterocycles. The fourth-order valence-corrected chi connectivity index (χ4v) is 3.40. The summed E-state index contributed by atoms with van der Waals surface area (Å²) in [5.41, 5.74) is 1.01. The zero-order valence-corrected chi connectivity index (χ0v) is 10.1. The number of carbonyl (C=O) groups is 1. The molecule has 3 atom stereocenters. The van der Waals surface area contributed by atoms with Crippen molar-refractivity contribution in [2.45, 2.75) is 25.3 Å². The first kappa shape index (κ1) is 11.5. The van der Waals surface area contributed by atoms with Crippen molar-refractivity contribution in [2.24, 2.45) is 11.8 Å². The van der Waals surface area contributed by atoms with Gasteiger partial charge in [-0.25, -0.2) is 4.39 Å². The van der Waals surface area contributed by atoms with Crippen LogP contribution >= 0.6 is 0 Å². The number of carboxylic acid groups (broad SMARTS) is 1. The molecule has 3 unspecified atom stereocenters. The van der Waals surface area contributed by atoms with E-state index in [-0.39, 0.29) is 17.7 Å². The van der Waals surface area contributed by atoms with Crippen LogP contribution in [0.4, 0.5) is 10.1 Å². The van der Waals surface area contributed by atoms with Crippen LogP contribution in [-0.2, 0) is 4.79 Å². The number of halogens is 1. The lowest BCUT2D eigenvalue weighted by Crippen LogP contribution is -2.29. The van der Waals surface area contributed by atoms with Gasteiger partial charge in [-0.1, -0.05) is 0 Å². The average Bonchev–Trinajstić information content (AvgIpc) is 2.67. The van der Waals surface area contributed by atoms with Crippen molar-refractivity contribution < 1.29 is 14.3 Å². The molecule has 2 fully saturated rings. The van der Waals surface area contributed by atoms with Crippen LogP contribution in [-0.4, -0.2) is 23.7 Å². The molecule has 0 radical (unpaired) electrons.